The number of rotatable bonds is 5. The Bertz CT molecular complexity index is 667. The van der Waals surface area contributed by atoms with E-state index in [4.69, 9.17) is 0 Å². The highest BCUT2D eigenvalue weighted by atomic mass is 16.1. The summed E-state index contributed by atoms with van der Waals surface area (Å²) < 4.78 is 1.52. The molecule has 2 unspecified atom stereocenters. The van der Waals surface area contributed by atoms with Gasteiger partial charge in [-0.05, 0) is 43.9 Å². The molecule has 1 aromatic heterocycles. The fraction of sp³-hybridized carbons (Fsp3) is 0.562. The largest absolute Gasteiger partial charge is 0.314 e. The average molecular weight is 286 g/mol. The van der Waals surface area contributed by atoms with Crippen LogP contribution in [0, 0.1) is 5.92 Å². The highest BCUT2D eigenvalue weighted by Gasteiger charge is 2.26. The van der Waals surface area contributed by atoms with Crippen molar-refractivity contribution < 1.29 is 0 Å². The first-order valence-electron chi connectivity index (χ1n) is 7.85. The van der Waals surface area contributed by atoms with Crippen molar-refractivity contribution in [2.75, 3.05) is 6.54 Å². The second-order valence-corrected chi connectivity index (χ2v) is 5.78. The summed E-state index contributed by atoms with van der Waals surface area (Å²) in [5.41, 5.74) is 0.642. The lowest BCUT2D eigenvalue weighted by Crippen LogP contribution is -2.33. The fourth-order valence-corrected chi connectivity index (χ4v) is 3.37. The first-order valence-corrected chi connectivity index (χ1v) is 7.85. The molecule has 0 bridgehead atoms. The van der Waals surface area contributed by atoms with E-state index in [0.717, 1.165) is 13.0 Å². The normalized spacial score (nSPS) is 22.0. The molecule has 0 aliphatic heterocycles. The maximum atomic E-state index is 12.4. The molecule has 2 aromatic rings. The van der Waals surface area contributed by atoms with Gasteiger partial charge in [0, 0.05) is 12.6 Å². The molecule has 1 aromatic carbocycles. The predicted octanol–water partition coefficient (Wildman–Crippen LogP) is 1.96. The van der Waals surface area contributed by atoms with E-state index in [9.17, 15) is 4.79 Å². The Balaban J connectivity index is 1.73. The molecule has 0 saturated heterocycles. The summed E-state index contributed by atoms with van der Waals surface area (Å²) >= 11 is 0. The zero-order chi connectivity index (χ0) is 14.7. The zero-order valence-electron chi connectivity index (χ0n) is 12.5. The van der Waals surface area contributed by atoms with Crippen molar-refractivity contribution in [2.24, 2.45) is 5.92 Å². The van der Waals surface area contributed by atoms with Crippen LogP contribution < -0.4 is 10.9 Å². The quantitative estimate of drug-likeness (QED) is 0.913. The molecule has 1 heterocycles. The molecular formula is C16H22N4O. The van der Waals surface area contributed by atoms with Gasteiger partial charge in [-0.1, -0.05) is 30.7 Å². The Morgan fingerprint density at radius 2 is 2.19 bits per heavy atom. The minimum atomic E-state index is -0.0291. The highest BCUT2D eigenvalue weighted by Crippen LogP contribution is 2.28. The van der Waals surface area contributed by atoms with Gasteiger partial charge in [0.25, 0.3) is 5.56 Å². The van der Waals surface area contributed by atoms with Crippen LogP contribution in [-0.4, -0.2) is 27.6 Å². The maximum Gasteiger partial charge on any atom is 0.277 e. The topological polar surface area (TPSA) is 59.8 Å². The minimum Gasteiger partial charge on any atom is -0.314 e. The number of hydrogen-bond donors (Lipinski definition) is 1. The van der Waals surface area contributed by atoms with Crippen LogP contribution in [0.2, 0.25) is 0 Å². The Kier molecular flexibility index (Phi) is 4.29. The Labute approximate surface area is 124 Å². The fourth-order valence-electron chi connectivity index (χ4n) is 3.37. The summed E-state index contributed by atoms with van der Waals surface area (Å²) in [6, 6.07) is 7.99. The zero-order valence-corrected chi connectivity index (χ0v) is 12.5. The van der Waals surface area contributed by atoms with E-state index in [1.807, 2.05) is 24.3 Å². The number of fused-ring (bicyclic) bond motifs is 1. The van der Waals surface area contributed by atoms with Gasteiger partial charge in [0.2, 0.25) is 0 Å². The van der Waals surface area contributed by atoms with Gasteiger partial charge < -0.3 is 5.32 Å². The highest BCUT2D eigenvalue weighted by molar-refractivity contribution is 5.76. The smallest absolute Gasteiger partial charge is 0.277 e. The summed E-state index contributed by atoms with van der Waals surface area (Å²) in [4.78, 5) is 12.4. The third kappa shape index (κ3) is 2.97. The Morgan fingerprint density at radius 3 is 3.05 bits per heavy atom. The molecule has 5 nitrogen and oxygen atoms in total. The summed E-state index contributed by atoms with van der Waals surface area (Å²) in [5, 5.41) is 12.4. The molecule has 5 heteroatoms. The van der Waals surface area contributed by atoms with Crippen molar-refractivity contribution in [3.8, 4) is 0 Å². The molecule has 2 atom stereocenters. The van der Waals surface area contributed by atoms with Gasteiger partial charge in [-0.2, -0.15) is 0 Å². The van der Waals surface area contributed by atoms with E-state index < -0.39 is 0 Å². The molecule has 112 valence electrons. The first kappa shape index (κ1) is 14.2. The van der Waals surface area contributed by atoms with Gasteiger partial charge in [0.15, 0.2) is 0 Å². The Hall–Kier alpha value is -1.75. The van der Waals surface area contributed by atoms with Crippen molar-refractivity contribution in [1.29, 1.82) is 0 Å². The lowest BCUT2D eigenvalue weighted by molar-refractivity contribution is 0.352. The molecule has 1 N–H and O–H groups in total. The van der Waals surface area contributed by atoms with Crippen LogP contribution in [0.1, 0.15) is 32.6 Å². The summed E-state index contributed by atoms with van der Waals surface area (Å²) in [5.74, 6) is 0.644. The van der Waals surface area contributed by atoms with E-state index in [1.54, 1.807) is 0 Å². The molecule has 3 rings (SSSR count). The number of aromatic nitrogens is 3. The molecule has 1 aliphatic rings. The van der Waals surface area contributed by atoms with E-state index in [2.05, 4.69) is 22.6 Å². The summed E-state index contributed by atoms with van der Waals surface area (Å²) in [6.07, 6.45) is 4.76. The van der Waals surface area contributed by atoms with Crippen molar-refractivity contribution in [1.82, 2.24) is 20.3 Å². The molecule has 1 aliphatic carbocycles. The van der Waals surface area contributed by atoms with Crippen molar-refractivity contribution in [3.05, 3.63) is 34.6 Å². The van der Waals surface area contributed by atoms with Gasteiger partial charge in [-0.25, -0.2) is 4.68 Å². The number of benzene rings is 1. The van der Waals surface area contributed by atoms with Gasteiger partial charge in [-0.15, -0.1) is 5.10 Å². The van der Waals surface area contributed by atoms with Crippen LogP contribution in [0.5, 0.6) is 0 Å². The molecule has 0 spiro atoms. The molecular weight excluding hydrogens is 264 g/mol. The van der Waals surface area contributed by atoms with Gasteiger partial charge in [0.1, 0.15) is 5.52 Å². The Morgan fingerprint density at radius 1 is 1.33 bits per heavy atom. The second kappa shape index (κ2) is 6.35. The summed E-state index contributed by atoms with van der Waals surface area (Å²) in [7, 11) is 0. The van der Waals surface area contributed by atoms with Crippen LogP contribution in [0.3, 0.4) is 0 Å². The van der Waals surface area contributed by atoms with Gasteiger partial charge in [0.05, 0.1) is 5.39 Å². The monoisotopic (exact) mass is 286 g/mol. The van der Waals surface area contributed by atoms with Crippen LogP contribution in [0.15, 0.2) is 29.1 Å². The number of aryl methyl sites for hydroxylation is 1. The van der Waals surface area contributed by atoms with E-state index in [1.165, 1.54) is 23.9 Å². The van der Waals surface area contributed by atoms with Crippen LogP contribution in [-0.2, 0) is 6.54 Å². The van der Waals surface area contributed by atoms with Crippen LogP contribution in [0.4, 0.5) is 0 Å². The lowest BCUT2D eigenvalue weighted by atomic mass is 9.99. The van der Waals surface area contributed by atoms with Gasteiger partial charge in [-0.3, -0.25) is 4.79 Å². The predicted molar refractivity (Wildman–Crippen MR) is 83.2 cm³/mol. The van der Waals surface area contributed by atoms with Crippen LogP contribution >= 0.6 is 0 Å². The van der Waals surface area contributed by atoms with E-state index in [-0.39, 0.29) is 5.56 Å². The van der Waals surface area contributed by atoms with Crippen molar-refractivity contribution in [3.63, 3.8) is 0 Å². The SMILES string of the molecule is CCNC1CCCC1CCn1nnc2ccccc2c1=O. The molecule has 0 amide bonds. The maximum absolute atomic E-state index is 12.4. The van der Waals surface area contributed by atoms with E-state index in [0.29, 0.717) is 29.4 Å². The number of hydrogen-bond acceptors (Lipinski definition) is 4. The standard InChI is InChI=1S/C16H22N4O/c1-2-17-14-9-5-6-12(14)10-11-20-16(21)13-7-3-4-8-15(13)18-19-20/h3-4,7-8,12,14,17H,2,5-6,9-11H2,1H3. The molecule has 1 fully saturated rings. The van der Waals surface area contributed by atoms with Crippen molar-refractivity contribution in [2.45, 2.75) is 45.2 Å². The third-order valence-electron chi connectivity index (χ3n) is 4.47. The van der Waals surface area contributed by atoms with Crippen molar-refractivity contribution >= 4 is 10.9 Å². The summed E-state index contributed by atoms with van der Waals surface area (Å²) in [6.45, 7) is 3.81. The third-order valence-corrected chi connectivity index (χ3v) is 4.47. The number of nitrogens with one attached hydrogen (secondary N) is 1. The molecule has 21 heavy (non-hydrogen) atoms. The second-order valence-electron chi connectivity index (χ2n) is 5.78. The number of nitrogens with zero attached hydrogens (tertiary/aromatic N) is 3. The van der Waals surface area contributed by atoms with E-state index >= 15 is 0 Å². The van der Waals surface area contributed by atoms with Crippen LogP contribution in [0.25, 0.3) is 10.9 Å². The van der Waals surface area contributed by atoms with Gasteiger partial charge >= 0.3 is 0 Å². The average Bonchev–Trinajstić information content (AvgIpc) is 2.95. The first-order chi connectivity index (χ1) is 10.3. The lowest BCUT2D eigenvalue weighted by Gasteiger charge is -2.20. The minimum absolute atomic E-state index is 0.0291. The molecule has 0 radical (unpaired) electrons. The molecule has 1 saturated carbocycles.